The largest absolute Gasteiger partial charge is 0.509 e. The van der Waals surface area contributed by atoms with Gasteiger partial charge in [-0.2, -0.15) is 0 Å². The molecule has 1 aromatic rings. The Labute approximate surface area is 405 Å². The zero-order valence-corrected chi connectivity index (χ0v) is 44.0. The fourth-order valence-corrected chi connectivity index (χ4v) is 11.0. The van der Waals surface area contributed by atoms with Crippen LogP contribution in [0.3, 0.4) is 0 Å². The average molecular weight is 965 g/mol. The average Bonchev–Trinajstić information content (AvgIpc) is 3.60. The Hall–Kier alpha value is -3.13. The van der Waals surface area contributed by atoms with Gasteiger partial charge in [0, 0.05) is 44.4 Å². The molecule has 18 atom stereocenters. The molecule has 17 nitrogen and oxygen atoms in total. The van der Waals surface area contributed by atoms with Gasteiger partial charge in [-0.1, -0.05) is 65.8 Å². The van der Waals surface area contributed by atoms with E-state index in [9.17, 15) is 19.8 Å². The molecular weight excluding hydrogens is 881 g/mol. The lowest BCUT2D eigenvalue weighted by molar-refractivity contribution is -0.319. The summed E-state index contributed by atoms with van der Waals surface area (Å²) in [7, 11) is 8.57. The van der Waals surface area contributed by atoms with Crippen LogP contribution in [0.5, 0.6) is 5.75 Å². The molecule has 4 heterocycles. The van der Waals surface area contributed by atoms with Gasteiger partial charge in [-0.15, -0.1) is 0 Å². The smallest absolute Gasteiger partial charge is 0.496 e. The Morgan fingerprint density at radius 2 is 1.54 bits per heavy atom. The Kier molecular flexibility index (Phi) is 18.1. The molecule has 388 valence electrons. The number of nitrogens with zero attached hydrogens (tertiary/aromatic N) is 2. The highest BCUT2D eigenvalue weighted by atomic mass is 16.8. The van der Waals surface area contributed by atoms with Crippen LogP contribution in [0.15, 0.2) is 23.4 Å². The maximum absolute atomic E-state index is 14.8. The number of aliphatic hydroxyl groups excluding tert-OH is 2. The fraction of sp³-hybridized carbons (Fsp3) is 0.824. The number of oxime groups is 1. The summed E-state index contributed by atoms with van der Waals surface area (Å²) in [6, 6.07) is 5.66. The Balaban J connectivity index is 1.67. The minimum absolute atomic E-state index is 0.0987. The first-order valence-corrected chi connectivity index (χ1v) is 24.4. The highest BCUT2D eigenvalue weighted by Crippen LogP contribution is 2.44. The predicted octanol–water partition coefficient (Wildman–Crippen LogP) is 6.93. The number of likely N-dealkylation sites (N-methyl/N-ethyl adjacent to an activating group) is 1. The molecule has 4 aliphatic rings. The van der Waals surface area contributed by atoms with Crippen molar-refractivity contribution in [3.63, 3.8) is 0 Å². The fourth-order valence-electron chi connectivity index (χ4n) is 11.0. The van der Waals surface area contributed by atoms with E-state index in [1.807, 2.05) is 78.7 Å². The van der Waals surface area contributed by atoms with Gasteiger partial charge >= 0.3 is 12.1 Å². The second kappa shape index (κ2) is 22.1. The number of rotatable bonds is 12. The van der Waals surface area contributed by atoms with E-state index in [0.717, 1.165) is 16.9 Å². The number of hydrogen-bond acceptors (Lipinski definition) is 17. The first-order chi connectivity index (χ1) is 31.7. The zero-order chi connectivity index (χ0) is 50.8. The van der Waals surface area contributed by atoms with E-state index in [0.29, 0.717) is 12.1 Å². The summed E-state index contributed by atoms with van der Waals surface area (Å²) in [5, 5.41) is 27.9. The normalized spacial score (nSPS) is 41.6. The summed E-state index contributed by atoms with van der Waals surface area (Å²) in [4.78, 5) is 36.3. The Bertz CT molecular complexity index is 1890. The van der Waals surface area contributed by atoms with Crippen LogP contribution in [-0.4, -0.2) is 153 Å². The molecule has 0 radical (unpaired) electrons. The third kappa shape index (κ3) is 11.8. The summed E-state index contributed by atoms with van der Waals surface area (Å²) in [6.45, 7) is 24.9. The second-order valence-corrected chi connectivity index (χ2v) is 21.7. The first kappa shape index (κ1) is 55.8. The molecule has 0 aromatic heterocycles. The molecule has 5 rings (SSSR count). The maximum Gasteiger partial charge on any atom is 0.509 e. The van der Waals surface area contributed by atoms with Crippen LogP contribution in [0.25, 0.3) is 0 Å². The van der Waals surface area contributed by atoms with E-state index in [4.69, 9.17) is 57.4 Å². The summed E-state index contributed by atoms with van der Waals surface area (Å²) >= 11 is 0. The number of aliphatic hydroxyl groups is 2. The van der Waals surface area contributed by atoms with Gasteiger partial charge in [0.25, 0.3) is 0 Å². The van der Waals surface area contributed by atoms with Gasteiger partial charge in [0.15, 0.2) is 24.3 Å². The Morgan fingerprint density at radius 3 is 2.13 bits per heavy atom. The van der Waals surface area contributed by atoms with Crippen LogP contribution in [-0.2, 0) is 64.3 Å². The van der Waals surface area contributed by atoms with Crippen LogP contribution in [0.4, 0.5) is 4.79 Å². The molecule has 0 aliphatic carbocycles. The molecule has 0 amide bonds. The lowest BCUT2D eigenvalue weighted by Crippen LogP contribution is -2.61. The number of cyclic esters (lactones) is 1. The highest BCUT2D eigenvalue weighted by Gasteiger charge is 2.59. The van der Waals surface area contributed by atoms with E-state index in [-0.39, 0.29) is 43.4 Å². The van der Waals surface area contributed by atoms with Crippen LogP contribution < -0.4 is 4.74 Å². The number of carbonyl (C=O) groups excluding carboxylic acids is 2. The monoisotopic (exact) mass is 965 g/mol. The molecule has 0 bridgehead atoms. The van der Waals surface area contributed by atoms with E-state index in [2.05, 4.69) is 20.8 Å². The number of esters is 1. The Morgan fingerprint density at radius 1 is 0.882 bits per heavy atom. The van der Waals surface area contributed by atoms with Crippen LogP contribution in [0, 0.1) is 23.7 Å². The molecule has 2 N–H and O–H groups in total. The van der Waals surface area contributed by atoms with Gasteiger partial charge in [0.05, 0.1) is 54.4 Å². The number of carbonyl (C=O) groups is 2. The molecule has 0 saturated carbocycles. The van der Waals surface area contributed by atoms with Gasteiger partial charge < -0.3 is 67.3 Å². The molecule has 0 spiro atoms. The third-order valence-corrected chi connectivity index (χ3v) is 15.2. The summed E-state index contributed by atoms with van der Waals surface area (Å²) in [5.41, 5.74) is -1.46. The van der Waals surface area contributed by atoms with Crippen LogP contribution >= 0.6 is 0 Å². The van der Waals surface area contributed by atoms with Crippen molar-refractivity contribution in [2.75, 3.05) is 35.4 Å². The summed E-state index contributed by atoms with van der Waals surface area (Å²) in [5.74, 6) is -2.68. The van der Waals surface area contributed by atoms with Gasteiger partial charge in [-0.25, -0.2) is 4.79 Å². The van der Waals surface area contributed by atoms with E-state index >= 15 is 0 Å². The first-order valence-electron chi connectivity index (χ1n) is 24.4. The van der Waals surface area contributed by atoms with Gasteiger partial charge in [0.2, 0.25) is 0 Å². The van der Waals surface area contributed by atoms with E-state index < -0.39 is 108 Å². The van der Waals surface area contributed by atoms with Crippen molar-refractivity contribution in [2.24, 2.45) is 28.8 Å². The lowest BCUT2D eigenvalue weighted by Gasteiger charge is -2.50. The number of methoxy groups -OCH3 is 3. The zero-order valence-electron chi connectivity index (χ0n) is 44.0. The minimum Gasteiger partial charge on any atom is -0.496 e. The second-order valence-electron chi connectivity index (χ2n) is 21.7. The summed E-state index contributed by atoms with van der Waals surface area (Å²) < 4.78 is 63.4. The van der Waals surface area contributed by atoms with Crippen molar-refractivity contribution in [1.29, 1.82) is 0 Å². The maximum atomic E-state index is 14.8. The topological polar surface area (TPSA) is 192 Å². The quantitative estimate of drug-likeness (QED) is 0.162. The molecule has 4 aliphatic heterocycles. The predicted molar refractivity (Wildman–Crippen MR) is 253 cm³/mol. The van der Waals surface area contributed by atoms with Crippen molar-refractivity contribution in [1.82, 2.24) is 4.90 Å². The number of fused-ring (bicyclic) bond motifs is 1. The van der Waals surface area contributed by atoms with E-state index in [1.165, 1.54) is 7.11 Å². The van der Waals surface area contributed by atoms with Crippen molar-refractivity contribution in [2.45, 2.75) is 212 Å². The van der Waals surface area contributed by atoms with Gasteiger partial charge in [-0.05, 0) is 97.5 Å². The SMILES string of the molecule is CC[C@H]1OC(=O)[C@H](C)[C@@H](O[C@H]2C[C@@](C)(OC)[C@@H](O)[C@H](C)O2)[C@H](C)[C@@H](O[C@@H]2O[C@H](C)C[C@H](N(C)C)[C@H]2O)[C@](C)(OC)C[C@@H](C)/C(=N/OCc2ccc(C(C)(C)C)c(OC)c2)[C@H](C)[C@H]2OC(=O)O[C@@]21C. The van der Waals surface area contributed by atoms with Crippen molar-refractivity contribution >= 4 is 17.8 Å². The highest BCUT2D eigenvalue weighted by molar-refractivity contribution is 5.89. The lowest BCUT2D eigenvalue weighted by atomic mass is 9.73. The van der Waals surface area contributed by atoms with Crippen molar-refractivity contribution in [3.05, 3.63) is 29.3 Å². The molecule has 4 fully saturated rings. The molecule has 4 saturated heterocycles. The summed E-state index contributed by atoms with van der Waals surface area (Å²) in [6.07, 6.45) is -8.61. The molecule has 0 unspecified atom stereocenters. The standard InChI is InChI=1S/C51H84N2O15/c1-19-37-51(13)44(67-47(57)68-51)29(4)39(52-61-26-33-20-21-34(48(8,9)10)36(23-33)58-16)27(2)24-50(12,60-18)43(66-46-40(54)35(53(14)15)22-28(3)62-46)30(5)41(31(6)45(56)64-37)65-38-25-49(11,59-17)42(55)32(7)63-38/h20-21,23,27-32,35,37-38,40-44,46,54-55H,19,22,24-26H2,1-18H3/b52-39-/t27-,28-,29+,30+,31-,32+,35+,37-,38+,40-,41+,42+,43-,44-,46+,49-,50-,51-/m1/s1. The third-order valence-electron chi connectivity index (χ3n) is 15.2. The minimum atomic E-state index is -1.45. The van der Waals surface area contributed by atoms with Crippen LogP contribution in [0.2, 0.25) is 0 Å². The van der Waals surface area contributed by atoms with Gasteiger partial charge in [-0.3, -0.25) is 4.79 Å². The van der Waals surface area contributed by atoms with Crippen molar-refractivity contribution in [3.8, 4) is 5.75 Å². The van der Waals surface area contributed by atoms with Gasteiger partial charge in [0.1, 0.15) is 30.7 Å². The van der Waals surface area contributed by atoms with E-state index in [1.54, 1.807) is 41.9 Å². The number of benzene rings is 1. The molecular formula is C51H84N2O15. The molecule has 68 heavy (non-hydrogen) atoms. The molecule has 1 aromatic carbocycles. The number of hydrogen-bond donors (Lipinski definition) is 2. The van der Waals surface area contributed by atoms with Crippen molar-refractivity contribution < 1.29 is 72.0 Å². The van der Waals surface area contributed by atoms with Crippen LogP contribution in [0.1, 0.15) is 127 Å². The molecule has 17 heteroatoms. The number of ether oxygens (including phenoxy) is 10.